The van der Waals surface area contributed by atoms with Crippen molar-refractivity contribution in [3.8, 4) is 0 Å². The van der Waals surface area contributed by atoms with Crippen LogP contribution in [0.4, 0.5) is 4.39 Å². The summed E-state index contributed by atoms with van der Waals surface area (Å²) in [7, 11) is 0. The Morgan fingerprint density at radius 2 is 2.00 bits per heavy atom. The molecule has 1 atom stereocenters. The highest BCUT2D eigenvalue weighted by Crippen LogP contribution is 2.27. The highest BCUT2D eigenvalue weighted by Gasteiger charge is 2.18. The Bertz CT molecular complexity index is 449. The number of rotatable bonds is 5. The molecule has 1 aromatic rings. The maximum Gasteiger partial charge on any atom is 0.137 e. The van der Waals surface area contributed by atoms with Gasteiger partial charge in [0.25, 0.3) is 0 Å². The van der Waals surface area contributed by atoms with Gasteiger partial charge < -0.3 is 0 Å². The summed E-state index contributed by atoms with van der Waals surface area (Å²) in [6.45, 7) is 8.61. The molecule has 0 amide bonds. The first-order valence-corrected chi connectivity index (χ1v) is 7.01. The maximum absolute atomic E-state index is 12.9. The van der Waals surface area contributed by atoms with Crippen LogP contribution >= 0.6 is 11.6 Å². The highest BCUT2D eigenvalue weighted by atomic mass is 35.5. The average molecular weight is 285 g/mol. The van der Waals surface area contributed by atoms with Crippen molar-refractivity contribution in [3.63, 3.8) is 0 Å². The smallest absolute Gasteiger partial charge is 0.137 e. The van der Waals surface area contributed by atoms with Gasteiger partial charge in [-0.3, -0.25) is 4.79 Å². The van der Waals surface area contributed by atoms with E-state index in [2.05, 4.69) is 27.7 Å². The normalized spacial score (nSPS) is 13.4. The van der Waals surface area contributed by atoms with Gasteiger partial charge in [-0.25, -0.2) is 4.39 Å². The molecule has 0 aliphatic heterocycles. The molecule has 0 saturated carbocycles. The number of hydrogen-bond donors (Lipinski definition) is 0. The predicted molar refractivity (Wildman–Crippen MR) is 78.0 cm³/mol. The Kier molecular flexibility index (Phi) is 5.54. The van der Waals surface area contributed by atoms with Crippen LogP contribution in [0.3, 0.4) is 0 Å². The summed E-state index contributed by atoms with van der Waals surface area (Å²) in [5, 5.41) is 0.330. The minimum atomic E-state index is -0.373. The summed E-state index contributed by atoms with van der Waals surface area (Å²) in [5.74, 6) is 0.138. The third kappa shape index (κ3) is 6.20. The van der Waals surface area contributed by atoms with E-state index < -0.39 is 0 Å². The summed E-state index contributed by atoms with van der Waals surface area (Å²) in [6.07, 6.45) is 1.84. The maximum atomic E-state index is 12.9. The van der Waals surface area contributed by atoms with E-state index in [-0.39, 0.29) is 23.4 Å². The largest absolute Gasteiger partial charge is 0.299 e. The van der Waals surface area contributed by atoms with Crippen LogP contribution in [0.1, 0.15) is 46.1 Å². The van der Waals surface area contributed by atoms with Crippen LogP contribution in [0, 0.1) is 17.2 Å². The fourth-order valence-electron chi connectivity index (χ4n) is 2.46. The summed E-state index contributed by atoms with van der Waals surface area (Å²) in [5.41, 5.74) is 0.934. The molecule has 0 heterocycles. The Hall–Kier alpha value is -0.890. The minimum absolute atomic E-state index is 0.158. The monoisotopic (exact) mass is 284 g/mol. The van der Waals surface area contributed by atoms with Gasteiger partial charge in [0.2, 0.25) is 0 Å². The molecule has 0 saturated heterocycles. The van der Waals surface area contributed by atoms with Crippen molar-refractivity contribution in [2.45, 2.75) is 47.0 Å². The van der Waals surface area contributed by atoms with E-state index in [0.29, 0.717) is 22.9 Å². The van der Waals surface area contributed by atoms with Gasteiger partial charge in [-0.2, -0.15) is 0 Å². The number of hydrogen-bond acceptors (Lipinski definition) is 1. The van der Waals surface area contributed by atoms with Crippen LogP contribution < -0.4 is 0 Å². The molecule has 0 aliphatic carbocycles. The molecule has 1 rings (SSSR count). The van der Waals surface area contributed by atoms with E-state index >= 15 is 0 Å². The van der Waals surface area contributed by atoms with Crippen molar-refractivity contribution in [1.29, 1.82) is 0 Å². The zero-order chi connectivity index (χ0) is 14.6. The first-order valence-electron chi connectivity index (χ1n) is 6.63. The first-order chi connectivity index (χ1) is 8.67. The highest BCUT2D eigenvalue weighted by molar-refractivity contribution is 6.31. The molecule has 0 fully saturated rings. The zero-order valence-corrected chi connectivity index (χ0v) is 12.9. The van der Waals surface area contributed by atoms with Crippen LogP contribution in [-0.2, 0) is 11.2 Å². The van der Waals surface area contributed by atoms with E-state index in [4.69, 9.17) is 11.6 Å². The van der Waals surface area contributed by atoms with Crippen LogP contribution in [0.2, 0.25) is 5.02 Å². The molecular weight excluding hydrogens is 263 g/mol. The molecule has 0 bridgehead atoms. The second-order valence-electron chi connectivity index (χ2n) is 6.53. The molecule has 1 aromatic carbocycles. The van der Waals surface area contributed by atoms with Crippen LogP contribution in [0.25, 0.3) is 0 Å². The molecule has 1 nitrogen and oxygen atoms in total. The molecule has 0 spiro atoms. The fraction of sp³-hybridized carbons (Fsp3) is 0.562. The van der Waals surface area contributed by atoms with Crippen LogP contribution in [0.5, 0.6) is 0 Å². The summed E-state index contributed by atoms with van der Waals surface area (Å²) >= 11 is 5.92. The molecular formula is C16H22ClFO. The average Bonchev–Trinajstić information content (AvgIpc) is 2.19. The van der Waals surface area contributed by atoms with Gasteiger partial charge in [-0.05, 0) is 35.4 Å². The van der Waals surface area contributed by atoms with Gasteiger partial charge in [0, 0.05) is 17.9 Å². The summed E-state index contributed by atoms with van der Waals surface area (Å²) in [4.78, 5) is 12.0. The van der Waals surface area contributed by atoms with E-state index in [0.717, 1.165) is 6.42 Å². The number of carbonyl (C=O) groups excluding carboxylic acids is 1. The Morgan fingerprint density at radius 3 is 2.53 bits per heavy atom. The topological polar surface area (TPSA) is 17.1 Å². The standard InChI is InChI=1S/C16H22ClFO/c1-11(10-16(2,3)4)7-14(19)8-12-5-6-13(18)9-15(12)17/h5-6,9,11H,7-8,10H2,1-4H3. The molecule has 0 aromatic heterocycles. The minimum Gasteiger partial charge on any atom is -0.299 e. The lowest BCUT2D eigenvalue weighted by molar-refractivity contribution is -0.119. The Morgan fingerprint density at radius 1 is 1.37 bits per heavy atom. The van der Waals surface area contributed by atoms with Crippen molar-refractivity contribution in [2.75, 3.05) is 0 Å². The van der Waals surface area contributed by atoms with Gasteiger partial charge in [0.1, 0.15) is 11.6 Å². The summed E-state index contributed by atoms with van der Waals surface area (Å²) in [6, 6.07) is 4.18. The van der Waals surface area contributed by atoms with Crippen LogP contribution in [0.15, 0.2) is 18.2 Å². The van der Waals surface area contributed by atoms with Gasteiger partial charge in [-0.1, -0.05) is 45.4 Å². The second kappa shape index (κ2) is 6.51. The van der Waals surface area contributed by atoms with Crippen molar-refractivity contribution >= 4 is 17.4 Å². The molecule has 19 heavy (non-hydrogen) atoms. The number of ketones is 1. The van der Waals surface area contributed by atoms with E-state index in [1.54, 1.807) is 6.07 Å². The fourth-order valence-corrected chi connectivity index (χ4v) is 2.69. The lowest BCUT2D eigenvalue weighted by atomic mass is 9.83. The quantitative estimate of drug-likeness (QED) is 0.739. The third-order valence-corrected chi connectivity index (χ3v) is 3.29. The van der Waals surface area contributed by atoms with E-state index in [9.17, 15) is 9.18 Å². The summed E-state index contributed by atoms with van der Waals surface area (Å²) < 4.78 is 12.9. The SMILES string of the molecule is CC(CC(=O)Cc1ccc(F)cc1Cl)CC(C)(C)C. The van der Waals surface area contributed by atoms with Crippen molar-refractivity contribution in [2.24, 2.45) is 11.3 Å². The van der Waals surface area contributed by atoms with Gasteiger partial charge >= 0.3 is 0 Å². The van der Waals surface area contributed by atoms with Gasteiger partial charge in [0.15, 0.2) is 0 Å². The van der Waals surface area contributed by atoms with Crippen molar-refractivity contribution in [1.82, 2.24) is 0 Å². The molecule has 0 N–H and O–H groups in total. The molecule has 0 radical (unpaired) electrons. The number of Topliss-reactive ketones (excluding diaryl/α,β-unsaturated/α-hetero) is 1. The molecule has 1 unspecified atom stereocenters. The number of benzene rings is 1. The number of carbonyl (C=O) groups is 1. The Labute approximate surface area is 120 Å². The van der Waals surface area contributed by atoms with Crippen molar-refractivity contribution < 1.29 is 9.18 Å². The third-order valence-electron chi connectivity index (χ3n) is 2.94. The van der Waals surface area contributed by atoms with Gasteiger partial charge in [0.05, 0.1) is 0 Å². The van der Waals surface area contributed by atoms with Crippen LogP contribution in [-0.4, -0.2) is 5.78 Å². The second-order valence-corrected chi connectivity index (χ2v) is 6.93. The number of halogens is 2. The van der Waals surface area contributed by atoms with Crippen molar-refractivity contribution in [3.05, 3.63) is 34.6 Å². The predicted octanol–water partition coefficient (Wildman–Crippen LogP) is 5.05. The lowest BCUT2D eigenvalue weighted by Gasteiger charge is -2.22. The molecule has 3 heteroatoms. The molecule has 0 aliphatic rings. The first kappa shape index (κ1) is 16.2. The molecule has 106 valence electrons. The Balaban J connectivity index is 2.56. The van der Waals surface area contributed by atoms with Gasteiger partial charge in [-0.15, -0.1) is 0 Å². The van der Waals surface area contributed by atoms with E-state index in [1.807, 2.05) is 0 Å². The zero-order valence-electron chi connectivity index (χ0n) is 12.1. The lowest BCUT2D eigenvalue weighted by Crippen LogP contribution is -2.15. The van der Waals surface area contributed by atoms with E-state index in [1.165, 1.54) is 12.1 Å².